The minimum atomic E-state index is -0.693. The summed E-state index contributed by atoms with van der Waals surface area (Å²) in [7, 11) is 0. The maximum absolute atomic E-state index is 11.0. The molecule has 0 aliphatic carbocycles. The summed E-state index contributed by atoms with van der Waals surface area (Å²) in [6, 6.07) is 6.51. The number of halogens is 1. The Labute approximate surface area is 111 Å². The Kier molecular flexibility index (Phi) is 3.39. The first-order chi connectivity index (χ1) is 9.00. The molecule has 2 rings (SSSR count). The molecule has 1 aromatic heterocycles. The van der Waals surface area contributed by atoms with Crippen molar-refractivity contribution >= 4 is 23.0 Å². The molecule has 0 N–H and O–H groups in total. The molecule has 0 saturated carbocycles. The van der Waals surface area contributed by atoms with Crippen LogP contribution in [0.1, 0.15) is 0 Å². The number of rotatable bonds is 3. The molecule has 0 saturated heterocycles. The van der Waals surface area contributed by atoms with E-state index < -0.39 is 9.85 Å². The van der Waals surface area contributed by atoms with Crippen molar-refractivity contribution in [1.82, 2.24) is 4.98 Å². The van der Waals surface area contributed by atoms with Gasteiger partial charge in [-0.3, -0.25) is 20.2 Å². The summed E-state index contributed by atoms with van der Waals surface area (Å²) in [6.07, 6.45) is 1.45. The molecule has 0 unspecified atom stereocenters. The molecule has 0 aliphatic rings. The molecule has 8 heteroatoms. The predicted octanol–water partition coefficient (Wildman–Crippen LogP) is 3.22. The quantitative estimate of drug-likeness (QED) is 0.488. The Morgan fingerprint density at radius 1 is 1.05 bits per heavy atom. The van der Waals surface area contributed by atoms with Crippen molar-refractivity contribution in [3.05, 3.63) is 61.9 Å². The third-order valence-electron chi connectivity index (χ3n) is 2.44. The fraction of sp³-hybridized carbons (Fsp3) is 0. The van der Waals surface area contributed by atoms with Gasteiger partial charge < -0.3 is 0 Å². The van der Waals surface area contributed by atoms with Crippen LogP contribution in [0.3, 0.4) is 0 Å². The average Bonchev–Trinajstić information content (AvgIpc) is 2.38. The first-order valence-electron chi connectivity index (χ1n) is 5.04. The minimum Gasteiger partial charge on any atom is -0.258 e. The summed E-state index contributed by atoms with van der Waals surface area (Å²) in [5.41, 5.74) is -0.195. The number of aromatic nitrogens is 1. The van der Waals surface area contributed by atoms with Gasteiger partial charge >= 0.3 is 0 Å². The van der Waals surface area contributed by atoms with E-state index in [9.17, 15) is 20.2 Å². The van der Waals surface area contributed by atoms with E-state index in [0.29, 0.717) is 5.56 Å². The normalized spacial score (nSPS) is 10.2. The Morgan fingerprint density at radius 2 is 1.79 bits per heavy atom. The summed E-state index contributed by atoms with van der Waals surface area (Å²) in [6.45, 7) is 0. The Hall–Kier alpha value is -2.54. The van der Waals surface area contributed by atoms with Crippen LogP contribution < -0.4 is 0 Å². The largest absolute Gasteiger partial charge is 0.284 e. The van der Waals surface area contributed by atoms with Gasteiger partial charge in [0.15, 0.2) is 0 Å². The SMILES string of the molecule is O=[N+]([O-])c1ccc(-c2cccnc2Cl)c([N+](=O)[O-])c1. The zero-order chi connectivity index (χ0) is 14.0. The number of nitrogens with zero attached hydrogens (tertiary/aromatic N) is 3. The molecule has 1 aromatic carbocycles. The van der Waals surface area contributed by atoms with Crippen LogP contribution in [0, 0.1) is 20.2 Å². The molecule has 19 heavy (non-hydrogen) atoms. The molecule has 2 aromatic rings. The van der Waals surface area contributed by atoms with Gasteiger partial charge in [-0.2, -0.15) is 0 Å². The van der Waals surface area contributed by atoms with Crippen molar-refractivity contribution < 1.29 is 9.85 Å². The number of hydrogen-bond acceptors (Lipinski definition) is 5. The van der Waals surface area contributed by atoms with Crippen LogP contribution in [-0.4, -0.2) is 14.8 Å². The molecule has 0 fully saturated rings. The number of nitro benzene ring substituents is 2. The lowest BCUT2D eigenvalue weighted by molar-refractivity contribution is -0.393. The third-order valence-corrected chi connectivity index (χ3v) is 2.74. The van der Waals surface area contributed by atoms with Crippen molar-refractivity contribution in [1.29, 1.82) is 0 Å². The van der Waals surface area contributed by atoms with Gasteiger partial charge in [-0.25, -0.2) is 4.98 Å². The van der Waals surface area contributed by atoms with E-state index in [1.165, 1.54) is 18.3 Å². The van der Waals surface area contributed by atoms with E-state index in [2.05, 4.69) is 4.98 Å². The van der Waals surface area contributed by atoms with Crippen molar-refractivity contribution in [2.24, 2.45) is 0 Å². The molecule has 1 heterocycles. The molecule has 0 spiro atoms. The van der Waals surface area contributed by atoms with Crippen LogP contribution in [0.2, 0.25) is 5.15 Å². The maximum atomic E-state index is 11.0. The summed E-state index contributed by atoms with van der Waals surface area (Å²) < 4.78 is 0. The Morgan fingerprint density at radius 3 is 2.37 bits per heavy atom. The number of pyridine rings is 1. The maximum Gasteiger partial charge on any atom is 0.284 e. The van der Waals surface area contributed by atoms with E-state index in [1.54, 1.807) is 12.1 Å². The number of non-ortho nitro benzene ring substituents is 1. The van der Waals surface area contributed by atoms with Crippen LogP contribution >= 0.6 is 11.6 Å². The second-order valence-corrected chi connectivity index (χ2v) is 3.92. The lowest BCUT2D eigenvalue weighted by Gasteiger charge is -2.04. The van der Waals surface area contributed by atoms with Crippen molar-refractivity contribution in [3.63, 3.8) is 0 Å². The van der Waals surface area contributed by atoms with E-state index in [-0.39, 0.29) is 22.1 Å². The minimum absolute atomic E-state index is 0.0967. The molecule has 7 nitrogen and oxygen atoms in total. The van der Waals surface area contributed by atoms with Gasteiger partial charge in [-0.15, -0.1) is 0 Å². The highest BCUT2D eigenvalue weighted by molar-refractivity contribution is 6.32. The number of benzene rings is 1. The summed E-state index contributed by atoms with van der Waals surface area (Å²) in [4.78, 5) is 24.1. The van der Waals surface area contributed by atoms with Crippen LogP contribution in [0.4, 0.5) is 11.4 Å². The zero-order valence-corrected chi connectivity index (χ0v) is 10.1. The number of hydrogen-bond donors (Lipinski definition) is 0. The van der Waals surface area contributed by atoms with Crippen molar-refractivity contribution in [3.8, 4) is 11.1 Å². The second-order valence-electron chi connectivity index (χ2n) is 3.56. The first-order valence-corrected chi connectivity index (χ1v) is 5.42. The van der Waals surface area contributed by atoms with E-state index in [0.717, 1.165) is 6.07 Å². The molecule has 0 bridgehead atoms. The zero-order valence-electron chi connectivity index (χ0n) is 9.32. The predicted molar refractivity (Wildman–Crippen MR) is 68.0 cm³/mol. The standard InChI is InChI=1S/C11H6ClN3O4/c12-11-9(2-1-5-13-11)8-4-3-7(14(16)17)6-10(8)15(18)19/h1-6H. The van der Waals surface area contributed by atoms with Crippen molar-refractivity contribution in [2.75, 3.05) is 0 Å². The molecule has 0 amide bonds. The third kappa shape index (κ3) is 2.50. The molecule has 96 valence electrons. The molecular weight excluding hydrogens is 274 g/mol. The smallest absolute Gasteiger partial charge is 0.258 e. The Balaban J connectivity index is 2.67. The fourth-order valence-electron chi connectivity index (χ4n) is 1.60. The van der Waals surface area contributed by atoms with Crippen LogP contribution in [0.5, 0.6) is 0 Å². The topological polar surface area (TPSA) is 99.2 Å². The van der Waals surface area contributed by atoms with Crippen LogP contribution in [0.25, 0.3) is 11.1 Å². The van der Waals surface area contributed by atoms with Gasteiger partial charge in [-0.05, 0) is 18.2 Å². The highest BCUT2D eigenvalue weighted by Gasteiger charge is 2.21. The highest BCUT2D eigenvalue weighted by atomic mass is 35.5. The highest BCUT2D eigenvalue weighted by Crippen LogP contribution is 2.35. The molecular formula is C11H6ClN3O4. The lowest BCUT2D eigenvalue weighted by atomic mass is 10.1. The first kappa shape index (κ1) is 12.9. The van der Waals surface area contributed by atoms with E-state index in [4.69, 9.17) is 11.6 Å². The van der Waals surface area contributed by atoms with Crippen molar-refractivity contribution in [2.45, 2.75) is 0 Å². The Bertz CT molecular complexity index is 675. The van der Waals surface area contributed by atoms with Gasteiger partial charge in [0.05, 0.1) is 21.5 Å². The second kappa shape index (κ2) is 4.99. The van der Waals surface area contributed by atoms with Crippen LogP contribution in [-0.2, 0) is 0 Å². The monoisotopic (exact) mass is 279 g/mol. The van der Waals surface area contributed by atoms with E-state index in [1.807, 2.05) is 0 Å². The average molecular weight is 280 g/mol. The molecule has 0 atom stereocenters. The van der Waals surface area contributed by atoms with Gasteiger partial charge in [-0.1, -0.05) is 11.6 Å². The van der Waals surface area contributed by atoms with Crippen LogP contribution in [0.15, 0.2) is 36.5 Å². The number of nitro groups is 2. The fourth-order valence-corrected chi connectivity index (χ4v) is 1.82. The van der Waals surface area contributed by atoms with Gasteiger partial charge in [0.1, 0.15) is 5.15 Å². The summed E-state index contributed by atoms with van der Waals surface area (Å²) in [5, 5.41) is 21.7. The summed E-state index contributed by atoms with van der Waals surface area (Å²) in [5.74, 6) is 0. The molecule has 0 aliphatic heterocycles. The van der Waals surface area contributed by atoms with Gasteiger partial charge in [0.25, 0.3) is 11.4 Å². The van der Waals surface area contributed by atoms with Gasteiger partial charge in [0, 0.05) is 17.8 Å². The lowest BCUT2D eigenvalue weighted by Crippen LogP contribution is -1.96. The molecule has 0 radical (unpaired) electrons. The van der Waals surface area contributed by atoms with Gasteiger partial charge in [0.2, 0.25) is 0 Å². The van der Waals surface area contributed by atoms with E-state index >= 15 is 0 Å². The summed E-state index contributed by atoms with van der Waals surface area (Å²) >= 11 is 5.87.